The van der Waals surface area contributed by atoms with Crippen molar-refractivity contribution in [2.24, 2.45) is 0 Å². The van der Waals surface area contributed by atoms with Gasteiger partial charge in [-0.2, -0.15) is 0 Å². The van der Waals surface area contributed by atoms with Gasteiger partial charge in [0.25, 0.3) is 11.8 Å². The quantitative estimate of drug-likeness (QED) is 0.371. The average Bonchev–Trinajstić information content (AvgIpc) is 3.34. The minimum atomic E-state index is -0.592. The average molecular weight is 434 g/mol. The normalized spacial score (nSPS) is 14.9. The smallest absolute Gasteiger partial charge is 0.338 e. The summed E-state index contributed by atoms with van der Waals surface area (Å²) in [7, 11) is 0. The molecule has 32 heavy (non-hydrogen) atoms. The molecule has 1 fully saturated rings. The van der Waals surface area contributed by atoms with E-state index in [1.54, 1.807) is 50.2 Å². The fourth-order valence-electron chi connectivity index (χ4n) is 3.11. The van der Waals surface area contributed by atoms with Crippen molar-refractivity contribution in [1.29, 1.82) is 0 Å². The van der Waals surface area contributed by atoms with Gasteiger partial charge >= 0.3 is 5.97 Å². The van der Waals surface area contributed by atoms with E-state index < -0.39 is 23.6 Å². The number of ether oxygens (including phenoxy) is 1. The van der Waals surface area contributed by atoms with Gasteiger partial charge in [-0.15, -0.1) is 0 Å². The third kappa shape index (κ3) is 4.29. The number of furan rings is 1. The Bertz CT molecular complexity index is 1210. The number of hydrogen-bond donors (Lipinski definition) is 1. The van der Waals surface area contributed by atoms with Crippen molar-refractivity contribution in [1.82, 2.24) is 5.43 Å². The maximum absolute atomic E-state index is 13.1. The van der Waals surface area contributed by atoms with Crippen LogP contribution in [0.5, 0.6) is 0 Å². The zero-order chi connectivity index (χ0) is 22.8. The number of carbonyl (C=O) groups is 3. The summed E-state index contributed by atoms with van der Waals surface area (Å²) in [5.41, 5.74) is 3.81. The van der Waals surface area contributed by atoms with E-state index >= 15 is 0 Å². The Morgan fingerprint density at radius 1 is 1.03 bits per heavy atom. The second-order valence-corrected chi connectivity index (χ2v) is 7.35. The van der Waals surface area contributed by atoms with Crippen LogP contribution in [0, 0.1) is 5.82 Å². The molecule has 0 bridgehead atoms. The van der Waals surface area contributed by atoms with Crippen LogP contribution in [0.15, 0.2) is 70.7 Å². The lowest BCUT2D eigenvalue weighted by Gasteiger charge is -2.14. The van der Waals surface area contributed by atoms with Crippen LogP contribution in [-0.2, 0) is 14.3 Å². The molecule has 2 amide bonds. The van der Waals surface area contributed by atoms with Crippen LogP contribution in [0.2, 0.25) is 0 Å². The summed E-state index contributed by atoms with van der Waals surface area (Å²) in [6.45, 7) is 3.55. The first kappa shape index (κ1) is 21.0. The van der Waals surface area contributed by atoms with Gasteiger partial charge in [0.1, 0.15) is 22.9 Å². The van der Waals surface area contributed by atoms with E-state index in [-0.39, 0.29) is 11.7 Å². The zero-order valence-corrected chi connectivity index (χ0v) is 17.3. The first-order chi connectivity index (χ1) is 15.3. The predicted octanol–water partition coefficient (Wildman–Crippen LogP) is 4.11. The van der Waals surface area contributed by atoms with Crippen molar-refractivity contribution in [2.75, 3.05) is 5.01 Å². The maximum Gasteiger partial charge on any atom is 0.338 e. The van der Waals surface area contributed by atoms with Crippen LogP contribution in [0.1, 0.15) is 30.0 Å². The Kier molecular flexibility index (Phi) is 5.59. The van der Waals surface area contributed by atoms with Crippen molar-refractivity contribution < 1.29 is 27.9 Å². The van der Waals surface area contributed by atoms with Gasteiger partial charge in [-0.05, 0) is 68.5 Å². The summed E-state index contributed by atoms with van der Waals surface area (Å²) < 4.78 is 24.0. The Balaban J connectivity index is 1.52. The number of amides is 2. The number of carbonyl (C=O) groups excluding carboxylic acids is 3. The second kappa shape index (κ2) is 8.50. The molecule has 162 valence electrons. The van der Waals surface area contributed by atoms with Crippen LogP contribution < -0.4 is 10.4 Å². The molecule has 8 heteroatoms. The molecule has 0 spiro atoms. The molecule has 2 aromatic carbocycles. The van der Waals surface area contributed by atoms with Gasteiger partial charge in [-0.25, -0.2) is 14.2 Å². The highest BCUT2D eigenvalue weighted by Gasteiger charge is 2.34. The standard InChI is InChI=1S/C24H19FN2O5/c1-14(2)31-24(30)16-5-3-15(4-6-16)21-12-11-19(32-21)13-20-22(28)26-27(23(20)29)18-9-7-17(25)8-10-18/h3-14H,1-2H3,(H,26,28). The molecule has 3 aromatic rings. The van der Waals surface area contributed by atoms with Crippen LogP contribution in [0.4, 0.5) is 10.1 Å². The molecule has 1 aliphatic rings. The van der Waals surface area contributed by atoms with E-state index in [1.165, 1.54) is 30.3 Å². The van der Waals surface area contributed by atoms with Crippen molar-refractivity contribution in [3.63, 3.8) is 0 Å². The molecule has 0 unspecified atom stereocenters. The minimum Gasteiger partial charge on any atom is -0.459 e. The topological polar surface area (TPSA) is 88.9 Å². The molecule has 0 radical (unpaired) electrons. The molecular formula is C24H19FN2O5. The number of nitrogens with zero attached hydrogens (tertiary/aromatic N) is 1. The lowest BCUT2D eigenvalue weighted by Crippen LogP contribution is -2.35. The molecule has 1 saturated heterocycles. The number of anilines is 1. The van der Waals surface area contributed by atoms with Gasteiger partial charge in [0.05, 0.1) is 17.4 Å². The van der Waals surface area contributed by atoms with Crippen LogP contribution >= 0.6 is 0 Å². The van der Waals surface area contributed by atoms with Gasteiger partial charge in [-0.3, -0.25) is 15.0 Å². The molecule has 1 aromatic heterocycles. The number of nitrogens with one attached hydrogen (secondary N) is 1. The SMILES string of the molecule is CC(C)OC(=O)c1ccc(-c2ccc(C=C3C(=O)NN(c4ccc(F)cc4)C3=O)o2)cc1. The number of rotatable bonds is 5. The third-order valence-corrected chi connectivity index (χ3v) is 4.64. The summed E-state index contributed by atoms with van der Waals surface area (Å²) in [6.07, 6.45) is 1.14. The summed E-state index contributed by atoms with van der Waals surface area (Å²) in [4.78, 5) is 36.9. The van der Waals surface area contributed by atoms with Gasteiger partial charge < -0.3 is 9.15 Å². The molecule has 0 atom stereocenters. The van der Waals surface area contributed by atoms with Crippen LogP contribution in [0.3, 0.4) is 0 Å². The lowest BCUT2D eigenvalue weighted by molar-refractivity contribution is -0.117. The van der Waals surface area contributed by atoms with Crippen molar-refractivity contribution in [2.45, 2.75) is 20.0 Å². The second-order valence-electron chi connectivity index (χ2n) is 7.35. The van der Waals surface area contributed by atoms with E-state index in [2.05, 4.69) is 5.43 Å². The lowest BCUT2D eigenvalue weighted by atomic mass is 10.1. The molecule has 1 N–H and O–H groups in total. The van der Waals surface area contributed by atoms with Gasteiger partial charge in [0.15, 0.2) is 0 Å². The molecule has 1 aliphatic heterocycles. The number of esters is 1. The Morgan fingerprint density at radius 3 is 2.38 bits per heavy atom. The van der Waals surface area contributed by atoms with E-state index in [1.807, 2.05) is 0 Å². The molecule has 2 heterocycles. The number of halogens is 1. The Labute approximate surface area is 183 Å². The Morgan fingerprint density at radius 2 is 1.72 bits per heavy atom. The first-order valence-electron chi connectivity index (χ1n) is 9.86. The monoisotopic (exact) mass is 434 g/mol. The predicted molar refractivity (Wildman–Crippen MR) is 115 cm³/mol. The van der Waals surface area contributed by atoms with E-state index in [0.29, 0.717) is 28.3 Å². The highest BCUT2D eigenvalue weighted by atomic mass is 19.1. The fraction of sp³-hybridized carbons (Fsp3) is 0.125. The zero-order valence-electron chi connectivity index (χ0n) is 17.3. The first-order valence-corrected chi connectivity index (χ1v) is 9.86. The summed E-state index contributed by atoms with van der Waals surface area (Å²) in [6, 6.07) is 15.2. The number of hydrazine groups is 1. The summed E-state index contributed by atoms with van der Waals surface area (Å²) in [5.74, 6) is -1.22. The molecule has 4 rings (SSSR count). The van der Waals surface area contributed by atoms with Crippen molar-refractivity contribution in [3.05, 3.63) is 83.4 Å². The van der Waals surface area contributed by atoms with Crippen LogP contribution in [-0.4, -0.2) is 23.9 Å². The molecule has 0 aliphatic carbocycles. The molecule has 7 nitrogen and oxygen atoms in total. The molecular weight excluding hydrogens is 415 g/mol. The largest absolute Gasteiger partial charge is 0.459 e. The van der Waals surface area contributed by atoms with Crippen molar-refractivity contribution in [3.8, 4) is 11.3 Å². The van der Waals surface area contributed by atoms with E-state index in [9.17, 15) is 18.8 Å². The highest BCUT2D eigenvalue weighted by Crippen LogP contribution is 2.26. The van der Waals surface area contributed by atoms with Gasteiger partial charge in [-0.1, -0.05) is 12.1 Å². The van der Waals surface area contributed by atoms with Crippen LogP contribution in [0.25, 0.3) is 17.4 Å². The van der Waals surface area contributed by atoms with Crippen molar-refractivity contribution >= 4 is 29.5 Å². The fourth-order valence-corrected chi connectivity index (χ4v) is 3.11. The number of hydrogen-bond acceptors (Lipinski definition) is 5. The molecule has 0 saturated carbocycles. The van der Waals surface area contributed by atoms with Gasteiger partial charge in [0.2, 0.25) is 0 Å². The van der Waals surface area contributed by atoms with E-state index in [4.69, 9.17) is 9.15 Å². The number of benzene rings is 2. The highest BCUT2D eigenvalue weighted by molar-refractivity contribution is 6.31. The maximum atomic E-state index is 13.1. The Hall–Kier alpha value is -4.20. The third-order valence-electron chi connectivity index (χ3n) is 4.64. The minimum absolute atomic E-state index is 0.109. The van der Waals surface area contributed by atoms with E-state index in [0.717, 1.165) is 5.01 Å². The summed E-state index contributed by atoms with van der Waals surface area (Å²) >= 11 is 0. The van der Waals surface area contributed by atoms with Gasteiger partial charge in [0, 0.05) is 5.56 Å². The summed E-state index contributed by atoms with van der Waals surface area (Å²) in [5, 5.41) is 1.05.